The van der Waals surface area contributed by atoms with Crippen LogP contribution >= 0.6 is 11.3 Å². The predicted molar refractivity (Wildman–Crippen MR) is 101 cm³/mol. The second-order valence-electron chi connectivity index (χ2n) is 6.05. The number of aryl methyl sites for hydroxylation is 2. The quantitative estimate of drug-likeness (QED) is 0.696. The van der Waals surface area contributed by atoms with Crippen LogP contribution in [0.5, 0.6) is 5.75 Å². The van der Waals surface area contributed by atoms with Gasteiger partial charge in [0.1, 0.15) is 15.6 Å². The number of thiazole rings is 1. The number of carbonyl (C=O) groups is 2. The Labute approximate surface area is 157 Å². The van der Waals surface area contributed by atoms with Crippen molar-refractivity contribution in [2.24, 2.45) is 0 Å². The van der Waals surface area contributed by atoms with Gasteiger partial charge in [0, 0.05) is 6.42 Å². The van der Waals surface area contributed by atoms with E-state index in [1.165, 1.54) is 0 Å². The highest BCUT2D eigenvalue weighted by Gasteiger charge is 2.19. The SMILES string of the molecule is CCCOc1ccc(CCC(=O)NC(C)c2nc(C)c(C(=O)O)s2)cc1. The maximum Gasteiger partial charge on any atom is 0.347 e. The van der Waals surface area contributed by atoms with E-state index in [1.807, 2.05) is 31.2 Å². The molecule has 2 rings (SSSR count). The van der Waals surface area contributed by atoms with Crippen LogP contribution in [-0.4, -0.2) is 28.6 Å². The van der Waals surface area contributed by atoms with E-state index < -0.39 is 5.97 Å². The van der Waals surface area contributed by atoms with Gasteiger partial charge in [0.2, 0.25) is 5.91 Å². The number of rotatable bonds is 9. The number of carboxylic acid groups (broad SMARTS) is 1. The van der Waals surface area contributed by atoms with Crippen LogP contribution in [0.1, 0.15) is 58.7 Å². The Morgan fingerprint density at radius 1 is 1.31 bits per heavy atom. The molecule has 0 saturated carbocycles. The molecule has 0 saturated heterocycles. The molecule has 0 spiro atoms. The molecule has 0 aliphatic heterocycles. The number of hydrogen-bond donors (Lipinski definition) is 2. The minimum Gasteiger partial charge on any atom is -0.494 e. The maximum absolute atomic E-state index is 12.2. The Kier molecular flexibility index (Phi) is 7.15. The number of aromatic nitrogens is 1. The van der Waals surface area contributed by atoms with Crippen molar-refractivity contribution in [3.63, 3.8) is 0 Å². The zero-order valence-electron chi connectivity index (χ0n) is 15.2. The summed E-state index contributed by atoms with van der Waals surface area (Å²) in [5.74, 6) is -0.244. The summed E-state index contributed by atoms with van der Waals surface area (Å²) in [5.41, 5.74) is 1.54. The lowest BCUT2D eigenvalue weighted by molar-refractivity contribution is -0.121. The standard InChI is InChI=1S/C19H24N2O4S/c1-4-11-25-15-8-5-14(6-9-15)7-10-16(22)20-13(3)18-21-12(2)17(26-18)19(23)24/h5-6,8-9,13H,4,7,10-11H2,1-3H3,(H,20,22)(H,23,24). The number of aromatic carboxylic acids is 1. The number of nitrogens with one attached hydrogen (secondary N) is 1. The first-order chi connectivity index (χ1) is 12.4. The summed E-state index contributed by atoms with van der Waals surface area (Å²) in [6, 6.07) is 7.44. The van der Waals surface area contributed by atoms with Crippen LogP contribution in [0.15, 0.2) is 24.3 Å². The van der Waals surface area contributed by atoms with Crippen molar-refractivity contribution in [2.45, 2.75) is 46.1 Å². The van der Waals surface area contributed by atoms with Gasteiger partial charge >= 0.3 is 5.97 Å². The highest BCUT2D eigenvalue weighted by Crippen LogP contribution is 2.23. The fourth-order valence-corrected chi connectivity index (χ4v) is 3.31. The molecule has 2 aromatic rings. The minimum absolute atomic E-state index is 0.0893. The van der Waals surface area contributed by atoms with Crippen molar-refractivity contribution < 1.29 is 19.4 Å². The van der Waals surface area contributed by atoms with Crippen LogP contribution in [-0.2, 0) is 11.2 Å². The molecule has 1 heterocycles. The monoisotopic (exact) mass is 376 g/mol. The van der Waals surface area contributed by atoms with E-state index in [2.05, 4.69) is 17.2 Å². The van der Waals surface area contributed by atoms with Gasteiger partial charge in [-0.05, 0) is 44.4 Å². The van der Waals surface area contributed by atoms with E-state index in [0.29, 0.717) is 30.2 Å². The molecule has 0 aliphatic carbocycles. The van der Waals surface area contributed by atoms with Gasteiger partial charge in [-0.1, -0.05) is 19.1 Å². The summed E-state index contributed by atoms with van der Waals surface area (Å²) in [7, 11) is 0. The molecular weight excluding hydrogens is 352 g/mol. The van der Waals surface area contributed by atoms with E-state index in [-0.39, 0.29) is 16.8 Å². The molecule has 0 bridgehead atoms. The van der Waals surface area contributed by atoms with Gasteiger partial charge in [-0.25, -0.2) is 9.78 Å². The average Bonchev–Trinajstić information content (AvgIpc) is 3.01. The summed E-state index contributed by atoms with van der Waals surface area (Å²) < 4.78 is 5.54. The number of nitrogens with zero attached hydrogens (tertiary/aromatic N) is 1. The molecule has 1 amide bonds. The Morgan fingerprint density at radius 2 is 2.00 bits per heavy atom. The van der Waals surface area contributed by atoms with Crippen LogP contribution in [0.25, 0.3) is 0 Å². The zero-order chi connectivity index (χ0) is 19.1. The van der Waals surface area contributed by atoms with Gasteiger partial charge in [-0.2, -0.15) is 0 Å². The van der Waals surface area contributed by atoms with Crippen LogP contribution in [0.2, 0.25) is 0 Å². The van der Waals surface area contributed by atoms with Gasteiger partial charge in [-0.15, -0.1) is 11.3 Å². The molecule has 26 heavy (non-hydrogen) atoms. The topological polar surface area (TPSA) is 88.5 Å². The average molecular weight is 376 g/mol. The van der Waals surface area contributed by atoms with Crippen molar-refractivity contribution in [3.05, 3.63) is 45.4 Å². The van der Waals surface area contributed by atoms with Crippen molar-refractivity contribution in [3.8, 4) is 5.75 Å². The smallest absolute Gasteiger partial charge is 0.347 e. The van der Waals surface area contributed by atoms with E-state index in [4.69, 9.17) is 9.84 Å². The number of amides is 1. The lowest BCUT2D eigenvalue weighted by atomic mass is 10.1. The molecule has 1 atom stereocenters. The first-order valence-corrected chi connectivity index (χ1v) is 9.44. The Morgan fingerprint density at radius 3 is 2.58 bits per heavy atom. The first-order valence-electron chi connectivity index (χ1n) is 8.62. The van der Waals surface area contributed by atoms with Gasteiger partial charge in [-0.3, -0.25) is 4.79 Å². The summed E-state index contributed by atoms with van der Waals surface area (Å²) in [6.07, 6.45) is 1.95. The second-order valence-corrected chi connectivity index (χ2v) is 7.08. The molecule has 2 N–H and O–H groups in total. The highest BCUT2D eigenvalue weighted by molar-refractivity contribution is 7.13. The molecule has 140 valence electrons. The van der Waals surface area contributed by atoms with Crippen molar-refractivity contribution in [2.75, 3.05) is 6.61 Å². The van der Waals surface area contributed by atoms with Crippen LogP contribution in [0, 0.1) is 6.92 Å². The Hall–Kier alpha value is -2.41. The number of hydrogen-bond acceptors (Lipinski definition) is 5. The number of ether oxygens (including phenoxy) is 1. The molecule has 1 aromatic carbocycles. The van der Waals surface area contributed by atoms with Crippen LogP contribution < -0.4 is 10.1 Å². The number of carbonyl (C=O) groups excluding carboxylic acids is 1. The summed E-state index contributed by atoms with van der Waals surface area (Å²) in [4.78, 5) is 27.7. The summed E-state index contributed by atoms with van der Waals surface area (Å²) >= 11 is 1.10. The third kappa shape index (κ3) is 5.56. The largest absolute Gasteiger partial charge is 0.494 e. The summed E-state index contributed by atoms with van der Waals surface area (Å²) in [6.45, 7) is 6.22. The van der Waals surface area contributed by atoms with Crippen LogP contribution in [0.4, 0.5) is 0 Å². The van der Waals surface area contributed by atoms with Crippen molar-refractivity contribution in [1.29, 1.82) is 0 Å². The number of carboxylic acids is 1. The van der Waals surface area contributed by atoms with Crippen LogP contribution in [0.3, 0.4) is 0 Å². The maximum atomic E-state index is 12.2. The Bertz CT molecular complexity index is 755. The van der Waals surface area contributed by atoms with Crippen molar-refractivity contribution in [1.82, 2.24) is 10.3 Å². The highest BCUT2D eigenvalue weighted by atomic mass is 32.1. The third-order valence-corrected chi connectivity index (χ3v) is 5.12. The van der Waals surface area contributed by atoms with Gasteiger partial charge in [0.25, 0.3) is 0 Å². The molecule has 0 radical (unpaired) electrons. The second kappa shape index (κ2) is 9.33. The van der Waals surface area contributed by atoms with Gasteiger partial charge in [0.05, 0.1) is 18.3 Å². The fourth-order valence-electron chi connectivity index (χ4n) is 2.41. The molecule has 1 unspecified atom stereocenters. The van der Waals surface area contributed by atoms with E-state index >= 15 is 0 Å². The molecule has 0 aliphatic rings. The fraction of sp³-hybridized carbons (Fsp3) is 0.421. The third-order valence-electron chi connectivity index (χ3n) is 3.79. The Balaban J connectivity index is 1.84. The summed E-state index contributed by atoms with van der Waals surface area (Å²) in [5, 5.41) is 12.6. The van der Waals surface area contributed by atoms with E-state index in [1.54, 1.807) is 6.92 Å². The molecule has 7 heteroatoms. The molecule has 6 nitrogen and oxygen atoms in total. The number of benzene rings is 1. The first kappa shape index (κ1) is 19.9. The van der Waals surface area contributed by atoms with Crippen molar-refractivity contribution >= 4 is 23.2 Å². The molecular formula is C19H24N2O4S. The molecule has 1 aromatic heterocycles. The normalized spacial score (nSPS) is 11.8. The van der Waals surface area contributed by atoms with Gasteiger partial charge < -0.3 is 15.2 Å². The van der Waals surface area contributed by atoms with E-state index in [0.717, 1.165) is 29.1 Å². The van der Waals surface area contributed by atoms with E-state index in [9.17, 15) is 9.59 Å². The minimum atomic E-state index is -0.990. The lowest BCUT2D eigenvalue weighted by Crippen LogP contribution is -2.26. The molecule has 0 fully saturated rings. The lowest BCUT2D eigenvalue weighted by Gasteiger charge is -2.11. The van der Waals surface area contributed by atoms with Gasteiger partial charge in [0.15, 0.2) is 0 Å². The zero-order valence-corrected chi connectivity index (χ0v) is 16.1. The predicted octanol–water partition coefficient (Wildman–Crippen LogP) is 3.75.